The average molecular weight is 415 g/mol. The molecule has 1 unspecified atom stereocenters. The molecule has 2 aromatic carbocycles. The molecule has 0 spiro atoms. The highest BCUT2D eigenvalue weighted by Crippen LogP contribution is 2.28. The quantitative estimate of drug-likeness (QED) is 0.603. The highest BCUT2D eigenvalue weighted by Gasteiger charge is 2.27. The summed E-state index contributed by atoms with van der Waals surface area (Å²) in [7, 11) is 0. The first-order chi connectivity index (χ1) is 13.7. The zero-order valence-electron chi connectivity index (χ0n) is 15.9. The van der Waals surface area contributed by atoms with Gasteiger partial charge in [0.15, 0.2) is 11.6 Å². The number of carbonyl (C=O) groups is 2. The van der Waals surface area contributed by atoms with E-state index in [1.807, 2.05) is 0 Å². The molecule has 3 aromatic rings. The van der Waals surface area contributed by atoms with Crippen LogP contribution in [0.4, 0.5) is 4.39 Å². The van der Waals surface area contributed by atoms with Gasteiger partial charge in [0.1, 0.15) is 17.7 Å². The van der Waals surface area contributed by atoms with Gasteiger partial charge in [-0.2, -0.15) is 0 Å². The predicted octanol–water partition coefficient (Wildman–Crippen LogP) is 3.12. The number of Topliss-reactive ketones (excluding diaryl/α,β-unsaturated/α-hetero) is 1. The van der Waals surface area contributed by atoms with E-state index in [2.05, 4.69) is 4.98 Å². The molecule has 0 aliphatic rings. The minimum atomic E-state index is -1.04. The van der Waals surface area contributed by atoms with Crippen molar-refractivity contribution in [3.63, 3.8) is 0 Å². The average Bonchev–Trinajstić information content (AvgIpc) is 3.07. The smallest absolute Gasteiger partial charge is 0.198 e. The molecule has 0 amide bonds. The second-order valence-electron chi connectivity index (χ2n) is 6.70. The van der Waals surface area contributed by atoms with Crippen molar-refractivity contribution < 1.29 is 14.0 Å². The van der Waals surface area contributed by atoms with E-state index in [1.54, 1.807) is 36.6 Å². The van der Waals surface area contributed by atoms with Gasteiger partial charge in [-0.3, -0.25) is 14.2 Å². The van der Waals surface area contributed by atoms with Gasteiger partial charge in [-0.15, -0.1) is 0 Å². The number of hydrogen-bond acceptors (Lipinski definition) is 5. The molecule has 0 bridgehead atoms. The number of hydrogen-bond donors (Lipinski definition) is 2. The molecule has 0 aliphatic carbocycles. The fourth-order valence-electron chi connectivity index (χ4n) is 3.10. The fourth-order valence-corrected chi connectivity index (χ4v) is 3.27. The molecule has 0 saturated carbocycles. The summed E-state index contributed by atoms with van der Waals surface area (Å²) in [5.41, 5.74) is 12.6. The van der Waals surface area contributed by atoms with Crippen molar-refractivity contribution in [2.75, 3.05) is 0 Å². The summed E-state index contributed by atoms with van der Waals surface area (Å²) in [6, 6.07) is 8.54. The van der Waals surface area contributed by atoms with Crippen LogP contribution < -0.4 is 11.5 Å². The predicted molar refractivity (Wildman–Crippen MR) is 109 cm³/mol. The van der Waals surface area contributed by atoms with Crippen LogP contribution in [0.3, 0.4) is 0 Å². The van der Waals surface area contributed by atoms with Crippen molar-refractivity contribution in [3.05, 3.63) is 82.1 Å². The van der Waals surface area contributed by atoms with E-state index < -0.39 is 23.7 Å². The van der Waals surface area contributed by atoms with E-state index in [1.165, 1.54) is 30.5 Å². The molecule has 4 N–H and O–H groups in total. The van der Waals surface area contributed by atoms with Crippen molar-refractivity contribution in [2.24, 2.45) is 11.5 Å². The molecule has 29 heavy (non-hydrogen) atoms. The number of benzene rings is 2. The van der Waals surface area contributed by atoms with Crippen LogP contribution in [0.5, 0.6) is 0 Å². The molecule has 0 fully saturated rings. The Bertz CT molecular complexity index is 1090. The number of nitrogens with two attached hydrogens (primary N) is 2. The Morgan fingerprint density at radius 3 is 2.48 bits per heavy atom. The normalized spacial score (nSPS) is 13.2. The minimum absolute atomic E-state index is 0.0914. The van der Waals surface area contributed by atoms with E-state index in [-0.39, 0.29) is 16.9 Å². The van der Waals surface area contributed by atoms with Crippen LogP contribution in [0.2, 0.25) is 5.02 Å². The lowest BCUT2D eigenvalue weighted by atomic mass is 10.00. The molecule has 1 aromatic heterocycles. The Morgan fingerprint density at radius 2 is 1.83 bits per heavy atom. The van der Waals surface area contributed by atoms with Crippen molar-refractivity contribution in [2.45, 2.75) is 25.9 Å². The summed E-state index contributed by atoms with van der Waals surface area (Å²) in [5.74, 6) is -1.07. The van der Waals surface area contributed by atoms with Crippen LogP contribution in [0.15, 0.2) is 48.7 Å². The van der Waals surface area contributed by atoms with Gasteiger partial charge in [0, 0.05) is 10.6 Å². The van der Waals surface area contributed by atoms with Crippen LogP contribution >= 0.6 is 11.6 Å². The van der Waals surface area contributed by atoms with Crippen LogP contribution in [-0.4, -0.2) is 27.2 Å². The first-order valence-corrected chi connectivity index (χ1v) is 9.28. The van der Waals surface area contributed by atoms with Gasteiger partial charge in [-0.1, -0.05) is 23.7 Å². The molecule has 1 heterocycles. The van der Waals surface area contributed by atoms with Crippen LogP contribution in [0, 0.1) is 12.7 Å². The third-order valence-corrected chi connectivity index (χ3v) is 4.84. The van der Waals surface area contributed by atoms with Crippen molar-refractivity contribution >= 4 is 23.2 Å². The summed E-state index contributed by atoms with van der Waals surface area (Å²) >= 11 is 6.12. The van der Waals surface area contributed by atoms with E-state index in [0.717, 1.165) is 0 Å². The third kappa shape index (κ3) is 3.98. The summed E-state index contributed by atoms with van der Waals surface area (Å²) in [4.78, 5) is 29.7. The first kappa shape index (κ1) is 20.9. The number of nitrogens with zero attached hydrogens (tertiary/aromatic N) is 2. The zero-order valence-corrected chi connectivity index (χ0v) is 16.7. The Balaban J connectivity index is 2.20. The number of ketones is 2. The lowest BCUT2D eigenvalue weighted by Gasteiger charge is -2.19. The first-order valence-electron chi connectivity index (χ1n) is 8.90. The van der Waals surface area contributed by atoms with Crippen LogP contribution in [0.25, 0.3) is 5.69 Å². The number of carbonyl (C=O) groups excluding carboxylic acids is 2. The highest BCUT2D eigenvalue weighted by molar-refractivity contribution is 6.31. The maximum Gasteiger partial charge on any atom is 0.198 e. The molecule has 2 atom stereocenters. The van der Waals surface area contributed by atoms with Gasteiger partial charge in [0.25, 0.3) is 0 Å². The van der Waals surface area contributed by atoms with Crippen molar-refractivity contribution in [3.8, 4) is 5.69 Å². The molecule has 8 heteroatoms. The molecular weight excluding hydrogens is 395 g/mol. The maximum absolute atomic E-state index is 14.2. The van der Waals surface area contributed by atoms with Crippen LogP contribution in [0.1, 0.15) is 40.4 Å². The standard InChI is InChI=1S/C21H20ClFN4O2/c1-11(24)20(28)19(25)18-10-26-12(2)27(18)17-8-7-13(22)9-15(17)21(29)14-5-3-4-6-16(14)23/h3-11,19H,24-25H2,1-2H3/t11-,19?/m0/s1. The van der Waals surface area contributed by atoms with Gasteiger partial charge < -0.3 is 11.5 Å². The summed E-state index contributed by atoms with van der Waals surface area (Å²) in [5, 5.41) is 0.309. The summed E-state index contributed by atoms with van der Waals surface area (Å²) in [6.45, 7) is 3.25. The number of halogens is 2. The number of aryl methyl sites for hydroxylation is 1. The Kier molecular flexibility index (Phi) is 5.93. The minimum Gasteiger partial charge on any atom is -0.322 e. The molecular formula is C21H20ClFN4O2. The highest BCUT2D eigenvalue weighted by atomic mass is 35.5. The van der Waals surface area contributed by atoms with Crippen molar-refractivity contribution in [1.82, 2.24) is 9.55 Å². The molecule has 6 nitrogen and oxygen atoms in total. The molecule has 3 rings (SSSR count). The fraction of sp³-hybridized carbons (Fsp3) is 0.190. The maximum atomic E-state index is 14.2. The number of aromatic nitrogens is 2. The largest absolute Gasteiger partial charge is 0.322 e. The van der Waals surface area contributed by atoms with E-state index >= 15 is 0 Å². The second-order valence-corrected chi connectivity index (χ2v) is 7.14. The van der Waals surface area contributed by atoms with Crippen LogP contribution in [-0.2, 0) is 4.79 Å². The second kappa shape index (κ2) is 8.24. The molecule has 150 valence electrons. The third-order valence-electron chi connectivity index (χ3n) is 4.60. The van der Waals surface area contributed by atoms with Gasteiger partial charge >= 0.3 is 0 Å². The van der Waals surface area contributed by atoms with Gasteiger partial charge in [-0.25, -0.2) is 9.37 Å². The van der Waals surface area contributed by atoms with Gasteiger partial charge in [0.05, 0.1) is 29.2 Å². The Labute approximate surface area is 172 Å². The number of imidazole rings is 1. The lowest BCUT2D eigenvalue weighted by molar-refractivity contribution is -0.121. The van der Waals surface area contributed by atoms with E-state index in [4.69, 9.17) is 23.1 Å². The summed E-state index contributed by atoms with van der Waals surface area (Å²) < 4.78 is 15.8. The topological polar surface area (TPSA) is 104 Å². The molecule has 0 saturated heterocycles. The lowest BCUT2D eigenvalue weighted by Crippen LogP contribution is -2.36. The molecule has 0 radical (unpaired) electrons. The SMILES string of the molecule is Cc1ncc(C(N)C(=O)[C@H](C)N)n1-c1ccc(Cl)cc1C(=O)c1ccccc1F. The molecule has 0 aliphatic heterocycles. The van der Waals surface area contributed by atoms with E-state index in [9.17, 15) is 14.0 Å². The Morgan fingerprint density at radius 1 is 1.14 bits per heavy atom. The number of rotatable bonds is 6. The monoisotopic (exact) mass is 414 g/mol. The zero-order chi connectivity index (χ0) is 21.3. The van der Waals surface area contributed by atoms with E-state index in [0.29, 0.717) is 22.2 Å². The summed E-state index contributed by atoms with van der Waals surface area (Å²) in [6.07, 6.45) is 1.46. The van der Waals surface area contributed by atoms with Gasteiger partial charge in [-0.05, 0) is 44.2 Å². The Hall–Kier alpha value is -2.87. The van der Waals surface area contributed by atoms with Crippen molar-refractivity contribution in [1.29, 1.82) is 0 Å². The van der Waals surface area contributed by atoms with Gasteiger partial charge in [0.2, 0.25) is 0 Å².